The molecule has 1 saturated heterocycles. The van der Waals surface area contributed by atoms with Crippen LogP contribution in [0.25, 0.3) is 0 Å². The van der Waals surface area contributed by atoms with Crippen LogP contribution < -0.4 is 0 Å². The molecule has 0 saturated carbocycles. The second kappa shape index (κ2) is 2.86. The first kappa shape index (κ1) is 8.27. The summed E-state index contributed by atoms with van der Waals surface area (Å²) in [5.41, 5.74) is 1.34. The van der Waals surface area contributed by atoms with Gasteiger partial charge in [0.1, 0.15) is 5.60 Å². The van der Waals surface area contributed by atoms with Crippen LogP contribution in [0.3, 0.4) is 0 Å². The largest absolute Gasteiger partial charge is 0.365 e. The summed E-state index contributed by atoms with van der Waals surface area (Å²) in [4.78, 5) is 0. The van der Waals surface area contributed by atoms with E-state index in [0.717, 1.165) is 17.5 Å². The van der Waals surface area contributed by atoms with Crippen molar-refractivity contribution in [1.82, 2.24) is 0 Å². The zero-order chi connectivity index (χ0) is 8.60. The molecule has 1 nitrogen and oxygen atoms in total. The minimum Gasteiger partial charge on any atom is -0.365 e. The van der Waals surface area contributed by atoms with Crippen molar-refractivity contribution >= 4 is 15.9 Å². The highest BCUT2D eigenvalue weighted by molar-refractivity contribution is 9.10. The van der Waals surface area contributed by atoms with E-state index in [4.69, 9.17) is 4.74 Å². The minimum absolute atomic E-state index is 0.0454. The third-order valence-electron chi connectivity index (χ3n) is 2.41. The number of ether oxygens (including phenoxy) is 1. The highest BCUT2D eigenvalue weighted by Gasteiger charge is 2.44. The van der Waals surface area contributed by atoms with Gasteiger partial charge in [-0.1, -0.05) is 35.0 Å². The van der Waals surface area contributed by atoms with Crippen LogP contribution in [0.2, 0.25) is 0 Å². The molecule has 1 atom stereocenters. The molecule has 0 spiro atoms. The molecule has 1 heterocycles. The summed E-state index contributed by atoms with van der Waals surface area (Å²) in [6.07, 6.45) is 1.06. The van der Waals surface area contributed by atoms with Crippen LogP contribution in [-0.4, -0.2) is 6.61 Å². The molecular weight excluding hydrogens is 216 g/mol. The van der Waals surface area contributed by atoms with Gasteiger partial charge in [0.2, 0.25) is 0 Å². The van der Waals surface area contributed by atoms with Crippen molar-refractivity contribution in [3.63, 3.8) is 0 Å². The summed E-state index contributed by atoms with van der Waals surface area (Å²) in [7, 11) is 0. The third-order valence-corrected chi connectivity index (χ3v) is 2.91. The number of hydrogen-bond donors (Lipinski definition) is 0. The molecule has 1 unspecified atom stereocenters. The van der Waals surface area contributed by atoms with E-state index in [1.165, 1.54) is 5.56 Å². The van der Waals surface area contributed by atoms with E-state index in [0.29, 0.717) is 0 Å². The van der Waals surface area contributed by atoms with Crippen LogP contribution in [0.1, 0.15) is 18.9 Å². The predicted molar refractivity (Wildman–Crippen MR) is 52.1 cm³/mol. The standard InChI is InChI=1S/C10H11BrO/c1-2-10(7-12-10)8-4-3-5-9(11)6-8/h3-6H,2,7H2,1H3. The molecule has 0 radical (unpaired) electrons. The van der Waals surface area contributed by atoms with Crippen LogP contribution in [0, 0.1) is 0 Å². The molecule has 2 rings (SSSR count). The summed E-state index contributed by atoms with van der Waals surface area (Å²) in [6.45, 7) is 3.04. The SMILES string of the molecule is CCC1(c2cccc(Br)c2)CO1. The van der Waals surface area contributed by atoms with E-state index in [2.05, 4.69) is 41.1 Å². The van der Waals surface area contributed by atoms with Gasteiger partial charge in [0.25, 0.3) is 0 Å². The first-order valence-electron chi connectivity index (χ1n) is 4.17. The molecule has 1 aliphatic rings. The fraction of sp³-hybridized carbons (Fsp3) is 0.400. The number of rotatable bonds is 2. The average molecular weight is 227 g/mol. The first-order chi connectivity index (χ1) is 5.77. The fourth-order valence-electron chi connectivity index (χ4n) is 1.43. The molecular formula is C10H11BrO. The van der Waals surface area contributed by atoms with Gasteiger partial charge in [-0.15, -0.1) is 0 Å². The highest BCUT2D eigenvalue weighted by atomic mass is 79.9. The van der Waals surface area contributed by atoms with Gasteiger partial charge < -0.3 is 4.74 Å². The van der Waals surface area contributed by atoms with Crippen molar-refractivity contribution in [2.75, 3.05) is 6.61 Å². The maximum Gasteiger partial charge on any atom is 0.116 e. The van der Waals surface area contributed by atoms with Crippen LogP contribution in [0.5, 0.6) is 0 Å². The molecule has 1 aromatic rings. The number of epoxide rings is 1. The second-order valence-electron chi connectivity index (χ2n) is 3.15. The van der Waals surface area contributed by atoms with Crippen molar-refractivity contribution < 1.29 is 4.74 Å². The van der Waals surface area contributed by atoms with Gasteiger partial charge in [-0.2, -0.15) is 0 Å². The Morgan fingerprint density at radius 1 is 1.58 bits per heavy atom. The average Bonchev–Trinajstić information content (AvgIpc) is 2.84. The molecule has 0 N–H and O–H groups in total. The van der Waals surface area contributed by atoms with Crippen molar-refractivity contribution in [2.24, 2.45) is 0 Å². The molecule has 1 aromatic carbocycles. The van der Waals surface area contributed by atoms with Gasteiger partial charge in [-0.3, -0.25) is 0 Å². The van der Waals surface area contributed by atoms with Gasteiger partial charge in [0.15, 0.2) is 0 Å². The molecule has 2 heteroatoms. The maximum absolute atomic E-state index is 5.47. The third kappa shape index (κ3) is 1.29. The molecule has 0 bridgehead atoms. The summed E-state index contributed by atoms with van der Waals surface area (Å²) < 4.78 is 6.59. The summed E-state index contributed by atoms with van der Waals surface area (Å²) in [6, 6.07) is 8.35. The van der Waals surface area contributed by atoms with E-state index in [9.17, 15) is 0 Å². The van der Waals surface area contributed by atoms with E-state index < -0.39 is 0 Å². The molecule has 1 aliphatic heterocycles. The van der Waals surface area contributed by atoms with Crippen LogP contribution in [0.4, 0.5) is 0 Å². The van der Waals surface area contributed by atoms with Crippen molar-refractivity contribution in [2.45, 2.75) is 18.9 Å². The number of benzene rings is 1. The fourth-order valence-corrected chi connectivity index (χ4v) is 1.83. The Morgan fingerprint density at radius 3 is 2.83 bits per heavy atom. The monoisotopic (exact) mass is 226 g/mol. The topological polar surface area (TPSA) is 12.5 Å². The van der Waals surface area contributed by atoms with Gasteiger partial charge in [0, 0.05) is 4.47 Å². The zero-order valence-corrected chi connectivity index (χ0v) is 8.60. The Labute approximate surface area is 80.9 Å². The molecule has 0 aliphatic carbocycles. The lowest BCUT2D eigenvalue weighted by molar-refractivity contribution is 0.301. The Hall–Kier alpha value is -0.340. The van der Waals surface area contributed by atoms with E-state index >= 15 is 0 Å². The molecule has 1 fully saturated rings. The van der Waals surface area contributed by atoms with Crippen LogP contribution in [-0.2, 0) is 10.3 Å². The highest BCUT2D eigenvalue weighted by Crippen LogP contribution is 2.42. The summed E-state index contributed by atoms with van der Waals surface area (Å²) >= 11 is 3.46. The Bertz CT molecular complexity index is 292. The van der Waals surface area contributed by atoms with Crippen molar-refractivity contribution in [3.05, 3.63) is 34.3 Å². The first-order valence-corrected chi connectivity index (χ1v) is 4.96. The van der Waals surface area contributed by atoms with Gasteiger partial charge in [-0.05, 0) is 24.1 Å². The Kier molecular flexibility index (Phi) is 1.97. The van der Waals surface area contributed by atoms with Crippen LogP contribution in [0.15, 0.2) is 28.7 Å². The smallest absolute Gasteiger partial charge is 0.116 e. The Morgan fingerprint density at radius 2 is 2.33 bits per heavy atom. The second-order valence-corrected chi connectivity index (χ2v) is 4.06. The lowest BCUT2D eigenvalue weighted by Crippen LogP contribution is -2.05. The van der Waals surface area contributed by atoms with E-state index in [-0.39, 0.29) is 5.60 Å². The molecule has 0 aromatic heterocycles. The molecule has 12 heavy (non-hydrogen) atoms. The minimum atomic E-state index is 0.0454. The summed E-state index contributed by atoms with van der Waals surface area (Å²) in [5, 5.41) is 0. The quantitative estimate of drug-likeness (QED) is 0.707. The van der Waals surface area contributed by atoms with Gasteiger partial charge in [0.05, 0.1) is 6.61 Å². The zero-order valence-electron chi connectivity index (χ0n) is 7.01. The molecule has 64 valence electrons. The maximum atomic E-state index is 5.47. The van der Waals surface area contributed by atoms with Crippen LogP contribution >= 0.6 is 15.9 Å². The van der Waals surface area contributed by atoms with Gasteiger partial charge in [-0.25, -0.2) is 0 Å². The van der Waals surface area contributed by atoms with E-state index in [1.54, 1.807) is 0 Å². The summed E-state index contributed by atoms with van der Waals surface area (Å²) in [5.74, 6) is 0. The van der Waals surface area contributed by atoms with Crippen molar-refractivity contribution in [3.8, 4) is 0 Å². The Balaban J connectivity index is 2.34. The predicted octanol–water partition coefficient (Wildman–Crippen LogP) is 3.08. The number of halogens is 1. The lowest BCUT2D eigenvalue weighted by Gasteiger charge is -2.08. The van der Waals surface area contributed by atoms with E-state index in [1.807, 2.05) is 6.07 Å². The number of hydrogen-bond acceptors (Lipinski definition) is 1. The lowest BCUT2D eigenvalue weighted by atomic mass is 9.98. The van der Waals surface area contributed by atoms with Crippen molar-refractivity contribution in [1.29, 1.82) is 0 Å². The van der Waals surface area contributed by atoms with Gasteiger partial charge >= 0.3 is 0 Å². The normalized spacial score (nSPS) is 27.2. The molecule has 0 amide bonds.